The van der Waals surface area contributed by atoms with Crippen molar-refractivity contribution >= 4 is 34.4 Å². The Morgan fingerprint density at radius 3 is 2.68 bits per heavy atom. The zero-order valence-corrected chi connectivity index (χ0v) is 21.5. The number of phenols is 1. The molecule has 37 heavy (non-hydrogen) atoms. The molecule has 3 aromatic rings. The highest BCUT2D eigenvalue weighted by Crippen LogP contribution is 2.42. The van der Waals surface area contributed by atoms with Crippen molar-refractivity contribution in [2.75, 3.05) is 30.5 Å². The number of carbonyl (C=O) groups excluding carboxylic acids is 1. The molecule has 0 saturated carbocycles. The number of benzene rings is 2. The number of aromatic hydroxyl groups is 1. The van der Waals surface area contributed by atoms with Gasteiger partial charge in [-0.15, -0.1) is 0 Å². The molecule has 3 atom stereocenters. The molecular formula is C25H29N5O6S. The minimum absolute atomic E-state index is 0.0956. The van der Waals surface area contributed by atoms with Gasteiger partial charge in [-0.05, 0) is 41.7 Å². The molecule has 2 aliphatic rings. The molecule has 1 aromatic heterocycles. The van der Waals surface area contributed by atoms with E-state index in [0.717, 1.165) is 5.56 Å². The Kier molecular flexibility index (Phi) is 6.56. The normalized spacial score (nSPS) is 18.1. The number of aliphatic hydroxyl groups is 1. The molecule has 12 heteroatoms. The molecule has 1 amide bonds. The Hall–Kier alpha value is -3.61. The standard InChI is InChI=1S/C25H29N5O6S/c1-25(2,3)21(14-7-8-18-19(11-14)36-13-35-18)27-23-22(28-37(34)29-23)26-17-6-4-5-16(20(17)32)24(33)30-10-9-15(31)12-30/h4-8,11,15,21,31-32H,9-10,12-13H2,1-3H3,(H,26,28)(H,27,29). The van der Waals surface area contributed by atoms with E-state index in [1.807, 2.05) is 18.2 Å². The van der Waals surface area contributed by atoms with Crippen molar-refractivity contribution in [3.8, 4) is 17.2 Å². The fourth-order valence-electron chi connectivity index (χ4n) is 4.51. The molecule has 196 valence electrons. The average molecular weight is 528 g/mol. The highest BCUT2D eigenvalue weighted by molar-refractivity contribution is 7.14. The summed E-state index contributed by atoms with van der Waals surface area (Å²) in [6, 6.07) is 10.1. The number of likely N-dealkylation sites (tertiary alicyclic amines) is 1. The van der Waals surface area contributed by atoms with Gasteiger partial charge < -0.3 is 39.8 Å². The van der Waals surface area contributed by atoms with Gasteiger partial charge in [0.1, 0.15) is 0 Å². The van der Waals surface area contributed by atoms with Crippen molar-refractivity contribution in [2.45, 2.75) is 39.3 Å². The second-order valence-corrected chi connectivity index (χ2v) is 11.0. The molecule has 0 aliphatic carbocycles. The van der Waals surface area contributed by atoms with Crippen LogP contribution < -0.4 is 20.1 Å². The van der Waals surface area contributed by atoms with Crippen molar-refractivity contribution < 1.29 is 29.0 Å². The van der Waals surface area contributed by atoms with Gasteiger partial charge in [0.15, 0.2) is 28.4 Å². The van der Waals surface area contributed by atoms with Gasteiger partial charge in [0.25, 0.3) is 5.91 Å². The lowest BCUT2D eigenvalue weighted by molar-refractivity contribution is 0.0762. The maximum atomic E-state index is 12.9. The van der Waals surface area contributed by atoms with Gasteiger partial charge in [-0.2, -0.15) is 0 Å². The van der Waals surface area contributed by atoms with E-state index in [1.54, 1.807) is 12.1 Å². The molecule has 2 aliphatic heterocycles. The predicted molar refractivity (Wildman–Crippen MR) is 137 cm³/mol. The Labute approximate surface area is 217 Å². The molecular weight excluding hydrogens is 498 g/mol. The molecule has 0 radical (unpaired) electrons. The fourth-order valence-corrected chi connectivity index (χ4v) is 5.13. The number of para-hydroxylation sites is 1. The second-order valence-electron chi connectivity index (χ2n) is 10.2. The van der Waals surface area contributed by atoms with Crippen molar-refractivity contribution in [1.82, 2.24) is 13.6 Å². The Morgan fingerprint density at radius 1 is 1.19 bits per heavy atom. The second kappa shape index (κ2) is 9.69. The minimum atomic E-state index is -1.86. The van der Waals surface area contributed by atoms with Crippen LogP contribution in [0.15, 0.2) is 36.4 Å². The number of aliphatic hydroxyl groups excluding tert-OH is 1. The molecule has 0 bridgehead atoms. The number of amides is 1. The van der Waals surface area contributed by atoms with E-state index < -0.39 is 17.2 Å². The number of phenolic OH excluding ortho intramolecular Hbond substituents is 1. The van der Waals surface area contributed by atoms with E-state index in [0.29, 0.717) is 24.5 Å². The van der Waals surface area contributed by atoms with Crippen LogP contribution in [0.25, 0.3) is 0 Å². The number of nitrogens with one attached hydrogen (secondary N) is 2. The Bertz CT molecular complexity index is 1320. The summed E-state index contributed by atoms with van der Waals surface area (Å²) >= 11 is -1.86. The first-order valence-electron chi connectivity index (χ1n) is 11.9. The van der Waals surface area contributed by atoms with Crippen LogP contribution in [-0.4, -0.2) is 60.3 Å². The smallest absolute Gasteiger partial charge is 0.257 e. The number of fused-ring (bicyclic) bond motifs is 1. The molecule has 11 nitrogen and oxygen atoms in total. The SMILES string of the molecule is CC(C)(C)C(Nc1n[s+]([O-])nc1Nc1cccc(C(=O)N2CCC(O)C2)c1O)c1ccc2c(c1)OCO2. The van der Waals surface area contributed by atoms with Crippen molar-refractivity contribution in [2.24, 2.45) is 5.41 Å². The molecule has 3 heterocycles. The average Bonchev–Trinajstić information content (AvgIpc) is 3.57. The third kappa shape index (κ3) is 5.13. The van der Waals surface area contributed by atoms with Crippen LogP contribution in [0.1, 0.15) is 49.2 Å². The van der Waals surface area contributed by atoms with Gasteiger partial charge >= 0.3 is 0 Å². The van der Waals surface area contributed by atoms with Crippen LogP contribution in [0.2, 0.25) is 0 Å². The summed E-state index contributed by atoms with van der Waals surface area (Å²) in [6.07, 6.45) is -0.0720. The van der Waals surface area contributed by atoms with E-state index in [-0.39, 0.29) is 59.3 Å². The number of hydrogen-bond donors (Lipinski definition) is 4. The summed E-state index contributed by atoms with van der Waals surface area (Å²) in [5.74, 6) is 1.11. The minimum Gasteiger partial charge on any atom is -0.546 e. The highest BCUT2D eigenvalue weighted by atomic mass is 32.2. The summed E-state index contributed by atoms with van der Waals surface area (Å²) in [4.78, 5) is 14.4. The molecule has 1 saturated heterocycles. The van der Waals surface area contributed by atoms with E-state index in [9.17, 15) is 19.6 Å². The molecule has 3 unspecified atom stereocenters. The third-order valence-corrected chi connectivity index (χ3v) is 7.09. The van der Waals surface area contributed by atoms with Crippen LogP contribution in [0.3, 0.4) is 0 Å². The van der Waals surface area contributed by atoms with Gasteiger partial charge in [0.05, 0.1) is 23.4 Å². The topological polar surface area (TPSA) is 152 Å². The van der Waals surface area contributed by atoms with E-state index in [4.69, 9.17) is 9.47 Å². The van der Waals surface area contributed by atoms with Gasteiger partial charge in [-0.1, -0.05) is 32.9 Å². The van der Waals surface area contributed by atoms with Crippen LogP contribution >= 0.6 is 11.1 Å². The van der Waals surface area contributed by atoms with Crippen LogP contribution in [0.5, 0.6) is 17.2 Å². The lowest BCUT2D eigenvalue weighted by atomic mass is 9.82. The molecule has 1 fully saturated rings. The number of ether oxygens (including phenoxy) is 2. The quantitative estimate of drug-likeness (QED) is 0.275. The van der Waals surface area contributed by atoms with E-state index >= 15 is 0 Å². The zero-order valence-electron chi connectivity index (χ0n) is 20.7. The van der Waals surface area contributed by atoms with Crippen LogP contribution in [0, 0.1) is 5.41 Å². The monoisotopic (exact) mass is 527 g/mol. The summed E-state index contributed by atoms with van der Waals surface area (Å²) in [6.45, 7) is 6.97. The number of hydrogen-bond acceptors (Lipinski definition) is 10. The zero-order chi connectivity index (χ0) is 26.3. The fraction of sp³-hybridized carbons (Fsp3) is 0.400. The number of anilines is 3. The molecule has 0 spiro atoms. The van der Waals surface area contributed by atoms with Gasteiger partial charge in [-0.3, -0.25) is 4.79 Å². The number of carbonyl (C=O) groups is 1. The molecule has 2 aromatic carbocycles. The maximum absolute atomic E-state index is 12.9. The largest absolute Gasteiger partial charge is 0.546 e. The lowest BCUT2D eigenvalue weighted by Crippen LogP contribution is -2.29. The number of β-amino-alcohol motifs (C(OH)–C–C–N with tert-alkyl or cyclic N) is 1. The van der Waals surface area contributed by atoms with E-state index in [2.05, 4.69) is 40.2 Å². The van der Waals surface area contributed by atoms with Crippen LogP contribution in [-0.2, 0) is 0 Å². The highest BCUT2D eigenvalue weighted by Gasteiger charge is 2.32. The number of rotatable bonds is 6. The van der Waals surface area contributed by atoms with Crippen molar-refractivity contribution in [3.63, 3.8) is 0 Å². The van der Waals surface area contributed by atoms with Gasteiger partial charge in [-0.25, -0.2) is 0 Å². The van der Waals surface area contributed by atoms with Gasteiger partial charge in [0.2, 0.25) is 18.4 Å². The lowest BCUT2D eigenvalue weighted by Gasteiger charge is -2.32. The number of nitrogens with zero attached hydrogens (tertiary/aromatic N) is 3. The summed E-state index contributed by atoms with van der Waals surface area (Å²) < 4.78 is 31.5. The third-order valence-electron chi connectivity index (χ3n) is 6.41. The molecule has 4 N–H and O–H groups in total. The first-order chi connectivity index (χ1) is 17.6. The molecule has 5 rings (SSSR count). The maximum Gasteiger partial charge on any atom is 0.257 e. The van der Waals surface area contributed by atoms with E-state index in [1.165, 1.54) is 11.0 Å². The summed E-state index contributed by atoms with van der Waals surface area (Å²) in [5.41, 5.74) is 0.936. The van der Waals surface area contributed by atoms with Crippen LogP contribution in [0.4, 0.5) is 17.3 Å². The van der Waals surface area contributed by atoms with Crippen molar-refractivity contribution in [3.05, 3.63) is 47.5 Å². The first kappa shape index (κ1) is 25.1. The Morgan fingerprint density at radius 2 is 1.95 bits per heavy atom. The Balaban J connectivity index is 1.42. The summed E-state index contributed by atoms with van der Waals surface area (Å²) in [7, 11) is 0. The van der Waals surface area contributed by atoms with Gasteiger partial charge in [0, 0.05) is 21.8 Å². The van der Waals surface area contributed by atoms with Crippen molar-refractivity contribution in [1.29, 1.82) is 0 Å². The summed E-state index contributed by atoms with van der Waals surface area (Å²) in [5, 5.41) is 27.0. The first-order valence-corrected chi connectivity index (χ1v) is 13.0. The number of aromatic nitrogens is 2. The predicted octanol–water partition coefficient (Wildman–Crippen LogP) is 3.79.